The van der Waals surface area contributed by atoms with Crippen LogP contribution < -0.4 is 10.6 Å². The molecule has 6 nitrogen and oxygen atoms in total. The van der Waals surface area contributed by atoms with E-state index in [-0.39, 0.29) is 23.0 Å². The van der Waals surface area contributed by atoms with Crippen molar-refractivity contribution in [2.75, 3.05) is 16.4 Å². The first-order valence-electron chi connectivity index (χ1n) is 10.3. The van der Waals surface area contributed by atoms with Crippen molar-refractivity contribution < 1.29 is 9.59 Å². The lowest BCUT2D eigenvalue weighted by Crippen LogP contribution is -2.51. The zero-order valence-corrected chi connectivity index (χ0v) is 18.8. The molecule has 4 saturated carbocycles. The van der Waals surface area contributed by atoms with Gasteiger partial charge in [0.1, 0.15) is 0 Å². The van der Waals surface area contributed by atoms with Crippen LogP contribution >= 0.6 is 34.7 Å². The molecule has 4 aliphatic carbocycles. The van der Waals surface area contributed by atoms with Gasteiger partial charge in [0.15, 0.2) is 4.34 Å². The summed E-state index contributed by atoms with van der Waals surface area (Å²) in [5, 5.41) is 15.2. The molecule has 1 aromatic carbocycles. The number of nitrogens with one attached hydrogen (secondary N) is 2. The summed E-state index contributed by atoms with van der Waals surface area (Å²) >= 11 is 8.57. The molecule has 0 spiro atoms. The van der Waals surface area contributed by atoms with Crippen LogP contribution in [0.25, 0.3) is 0 Å². The fraction of sp³-hybridized carbons (Fsp3) is 0.524. The van der Waals surface area contributed by atoms with Crippen LogP contribution in [0.1, 0.15) is 38.5 Å². The largest absolute Gasteiger partial charge is 0.325 e. The molecule has 6 rings (SSSR count). The molecule has 2 aromatic rings. The molecule has 4 fully saturated rings. The summed E-state index contributed by atoms with van der Waals surface area (Å²) in [6, 6.07) is 7.03. The van der Waals surface area contributed by atoms with Gasteiger partial charge in [0.2, 0.25) is 16.9 Å². The van der Waals surface area contributed by atoms with E-state index < -0.39 is 0 Å². The van der Waals surface area contributed by atoms with E-state index in [1.54, 1.807) is 24.3 Å². The predicted molar refractivity (Wildman–Crippen MR) is 120 cm³/mol. The van der Waals surface area contributed by atoms with E-state index in [0.29, 0.717) is 20.2 Å². The van der Waals surface area contributed by atoms with Crippen LogP contribution in [0, 0.1) is 23.2 Å². The Kier molecular flexibility index (Phi) is 5.49. The summed E-state index contributed by atoms with van der Waals surface area (Å²) < 4.78 is 0.664. The number of carbonyl (C=O) groups excluding carboxylic acids is 2. The van der Waals surface area contributed by atoms with Crippen LogP contribution in [0.4, 0.5) is 10.8 Å². The summed E-state index contributed by atoms with van der Waals surface area (Å²) in [7, 11) is 0. The average molecular weight is 463 g/mol. The zero-order chi connectivity index (χ0) is 20.7. The molecule has 30 heavy (non-hydrogen) atoms. The van der Waals surface area contributed by atoms with Crippen LogP contribution in [0.15, 0.2) is 28.6 Å². The number of halogens is 1. The molecule has 4 aliphatic rings. The Morgan fingerprint density at radius 2 is 1.80 bits per heavy atom. The van der Waals surface area contributed by atoms with Gasteiger partial charge in [-0.05, 0) is 74.5 Å². The minimum atomic E-state index is -0.204. The number of nitrogens with zero attached hydrogens (tertiary/aromatic N) is 2. The molecular weight excluding hydrogens is 440 g/mol. The average Bonchev–Trinajstić information content (AvgIpc) is 3.13. The van der Waals surface area contributed by atoms with Crippen molar-refractivity contribution in [1.29, 1.82) is 0 Å². The molecule has 158 valence electrons. The normalized spacial score (nSPS) is 29.0. The fourth-order valence-corrected chi connectivity index (χ4v) is 7.56. The standard InChI is InChI=1S/C21H23ClN4O2S2/c22-15-2-1-3-16(7-15)23-17(27)11-29-20-26-25-19(30-20)24-18(28)21-8-12-4-13(9-21)6-14(5-12)10-21/h1-3,7,12-14H,4-6,8-11H2,(H,23,27)(H,24,25,28). The second kappa shape index (κ2) is 8.13. The highest BCUT2D eigenvalue weighted by Crippen LogP contribution is 2.60. The maximum atomic E-state index is 13.1. The molecule has 2 amide bonds. The van der Waals surface area contributed by atoms with Gasteiger partial charge in [0.25, 0.3) is 0 Å². The van der Waals surface area contributed by atoms with Gasteiger partial charge in [-0.3, -0.25) is 9.59 Å². The smallest absolute Gasteiger partial charge is 0.234 e. The zero-order valence-electron chi connectivity index (χ0n) is 16.4. The summed E-state index contributed by atoms with van der Waals surface area (Å²) in [5.41, 5.74) is 0.457. The Morgan fingerprint density at radius 3 is 2.47 bits per heavy atom. The Bertz CT molecular complexity index is 944. The van der Waals surface area contributed by atoms with Crippen molar-refractivity contribution in [2.45, 2.75) is 42.9 Å². The van der Waals surface area contributed by atoms with Crippen molar-refractivity contribution >= 4 is 57.3 Å². The summed E-state index contributed by atoms with van der Waals surface area (Å²) in [4.78, 5) is 25.3. The maximum absolute atomic E-state index is 13.1. The van der Waals surface area contributed by atoms with E-state index in [9.17, 15) is 9.59 Å². The van der Waals surface area contributed by atoms with Gasteiger partial charge < -0.3 is 10.6 Å². The molecule has 0 radical (unpaired) electrons. The van der Waals surface area contributed by atoms with E-state index >= 15 is 0 Å². The molecule has 0 unspecified atom stereocenters. The third kappa shape index (κ3) is 4.22. The molecule has 1 aromatic heterocycles. The minimum Gasteiger partial charge on any atom is -0.325 e. The number of amides is 2. The van der Waals surface area contributed by atoms with Gasteiger partial charge >= 0.3 is 0 Å². The molecule has 2 N–H and O–H groups in total. The van der Waals surface area contributed by atoms with Crippen LogP contribution in [0.2, 0.25) is 5.02 Å². The van der Waals surface area contributed by atoms with Crippen molar-refractivity contribution in [3.63, 3.8) is 0 Å². The number of anilines is 2. The van der Waals surface area contributed by atoms with Gasteiger partial charge in [-0.25, -0.2) is 0 Å². The maximum Gasteiger partial charge on any atom is 0.234 e. The van der Waals surface area contributed by atoms with Gasteiger partial charge in [0.05, 0.1) is 11.2 Å². The van der Waals surface area contributed by atoms with E-state index in [4.69, 9.17) is 11.6 Å². The topological polar surface area (TPSA) is 84.0 Å². The van der Waals surface area contributed by atoms with Crippen molar-refractivity contribution in [1.82, 2.24) is 10.2 Å². The van der Waals surface area contributed by atoms with Crippen LogP contribution in [0.5, 0.6) is 0 Å². The SMILES string of the molecule is O=C(CSc1nnc(NC(=O)C23CC4CC(CC(C4)C2)C3)s1)Nc1cccc(Cl)c1. The first-order chi connectivity index (χ1) is 14.5. The number of hydrogen-bond donors (Lipinski definition) is 2. The number of benzene rings is 1. The fourth-order valence-electron chi connectivity index (χ4n) is 5.83. The number of hydrogen-bond acceptors (Lipinski definition) is 6. The molecule has 0 aliphatic heterocycles. The summed E-state index contributed by atoms with van der Waals surface area (Å²) in [6.45, 7) is 0. The predicted octanol–water partition coefficient (Wildman–Crippen LogP) is 5.08. The Balaban J connectivity index is 1.15. The number of carbonyl (C=O) groups is 2. The number of aromatic nitrogens is 2. The van der Waals surface area contributed by atoms with Crippen molar-refractivity contribution in [3.05, 3.63) is 29.3 Å². The lowest BCUT2D eigenvalue weighted by molar-refractivity contribution is -0.140. The number of rotatable bonds is 6. The molecule has 9 heteroatoms. The molecular formula is C21H23ClN4O2S2. The van der Waals surface area contributed by atoms with E-state index in [1.165, 1.54) is 42.4 Å². The summed E-state index contributed by atoms with van der Waals surface area (Å²) in [6.07, 6.45) is 6.99. The van der Waals surface area contributed by atoms with Gasteiger partial charge in [-0.15, -0.1) is 10.2 Å². The molecule has 0 saturated heterocycles. The molecule has 1 heterocycles. The van der Waals surface area contributed by atoms with Crippen LogP contribution in [-0.4, -0.2) is 27.8 Å². The molecule has 4 bridgehead atoms. The number of thioether (sulfide) groups is 1. The molecule has 0 atom stereocenters. The first-order valence-corrected chi connectivity index (χ1v) is 12.5. The van der Waals surface area contributed by atoms with E-state index in [1.807, 2.05) is 0 Å². The van der Waals surface area contributed by atoms with Gasteiger partial charge in [-0.1, -0.05) is 40.8 Å². The third-order valence-electron chi connectivity index (χ3n) is 6.58. The Hall–Kier alpha value is -1.64. The van der Waals surface area contributed by atoms with Crippen molar-refractivity contribution in [3.8, 4) is 0 Å². The first kappa shape index (κ1) is 20.3. The highest BCUT2D eigenvalue weighted by molar-refractivity contribution is 8.01. The van der Waals surface area contributed by atoms with Gasteiger partial charge in [0, 0.05) is 10.7 Å². The monoisotopic (exact) mass is 462 g/mol. The second-order valence-corrected chi connectivity index (χ2v) is 11.5. The van der Waals surface area contributed by atoms with E-state index in [2.05, 4.69) is 20.8 Å². The van der Waals surface area contributed by atoms with Crippen LogP contribution in [0.3, 0.4) is 0 Å². The van der Waals surface area contributed by atoms with Crippen LogP contribution in [-0.2, 0) is 9.59 Å². The minimum absolute atomic E-state index is 0.119. The lowest BCUT2D eigenvalue weighted by atomic mass is 9.49. The Morgan fingerprint density at radius 1 is 1.10 bits per heavy atom. The second-order valence-electron chi connectivity index (χ2n) is 8.87. The summed E-state index contributed by atoms with van der Waals surface area (Å²) in [5.74, 6) is 2.36. The van der Waals surface area contributed by atoms with Crippen molar-refractivity contribution in [2.24, 2.45) is 23.2 Å². The highest BCUT2D eigenvalue weighted by atomic mass is 35.5. The third-order valence-corrected chi connectivity index (χ3v) is 8.79. The van der Waals surface area contributed by atoms with E-state index in [0.717, 1.165) is 37.0 Å². The van der Waals surface area contributed by atoms with Gasteiger partial charge in [-0.2, -0.15) is 0 Å². The lowest BCUT2D eigenvalue weighted by Gasteiger charge is -2.55. The Labute approximate surface area is 188 Å². The quantitative estimate of drug-likeness (QED) is 0.462. The highest BCUT2D eigenvalue weighted by Gasteiger charge is 2.54.